The molecule has 1 aliphatic carbocycles. The average Bonchev–Trinajstić information content (AvgIpc) is 2.63. The van der Waals surface area contributed by atoms with E-state index in [0.29, 0.717) is 11.3 Å². The topological polar surface area (TPSA) is 64.9 Å². The van der Waals surface area contributed by atoms with Crippen LogP contribution in [0.2, 0.25) is 0 Å². The number of urea groups is 1. The number of nitriles is 1. The van der Waals surface area contributed by atoms with E-state index in [0.717, 1.165) is 35.2 Å². The molecule has 2 aromatic carbocycles. The zero-order valence-corrected chi connectivity index (χ0v) is 15.4. The first-order chi connectivity index (χ1) is 12.5. The molecule has 2 aromatic rings. The maximum Gasteiger partial charge on any atom is 0.323 e. The van der Waals surface area contributed by atoms with Gasteiger partial charge in [-0.15, -0.1) is 0 Å². The lowest BCUT2D eigenvalue weighted by Crippen LogP contribution is -2.35. The predicted molar refractivity (Wildman–Crippen MR) is 104 cm³/mol. The number of nitrogens with zero attached hydrogens (tertiary/aromatic N) is 1. The Morgan fingerprint density at radius 3 is 2.50 bits per heavy atom. The number of allylic oxidation sites excluding steroid dienone is 1. The van der Waals surface area contributed by atoms with Crippen molar-refractivity contribution in [3.05, 3.63) is 70.8 Å². The van der Waals surface area contributed by atoms with Gasteiger partial charge in [-0.1, -0.05) is 55.8 Å². The fourth-order valence-electron chi connectivity index (χ4n) is 3.40. The van der Waals surface area contributed by atoms with Gasteiger partial charge >= 0.3 is 6.03 Å². The largest absolute Gasteiger partial charge is 0.323 e. The minimum atomic E-state index is -0.341. The summed E-state index contributed by atoms with van der Waals surface area (Å²) < 4.78 is 0. The summed E-state index contributed by atoms with van der Waals surface area (Å²) in [6.45, 7) is 6.16. The Balaban J connectivity index is 1.95. The molecule has 4 nitrogen and oxygen atoms in total. The Kier molecular flexibility index (Phi) is 4.81. The van der Waals surface area contributed by atoms with Gasteiger partial charge in [0.05, 0.1) is 17.3 Å². The summed E-state index contributed by atoms with van der Waals surface area (Å²) in [6, 6.07) is 17.6. The van der Waals surface area contributed by atoms with Crippen molar-refractivity contribution in [3.63, 3.8) is 0 Å². The average molecular weight is 345 g/mol. The van der Waals surface area contributed by atoms with Gasteiger partial charge in [-0.2, -0.15) is 5.26 Å². The number of anilines is 1. The van der Waals surface area contributed by atoms with Crippen molar-refractivity contribution >= 4 is 17.4 Å². The Labute approximate surface area is 154 Å². The molecule has 26 heavy (non-hydrogen) atoms. The third-order valence-corrected chi connectivity index (χ3v) is 5.16. The van der Waals surface area contributed by atoms with Crippen LogP contribution in [-0.2, 0) is 6.42 Å². The first kappa shape index (κ1) is 17.8. The molecular formula is C22H23N3O. The van der Waals surface area contributed by atoms with E-state index in [9.17, 15) is 10.1 Å². The molecule has 0 aromatic heterocycles. The monoisotopic (exact) mass is 345 g/mol. The zero-order valence-electron chi connectivity index (χ0n) is 15.4. The number of amides is 2. The van der Waals surface area contributed by atoms with Gasteiger partial charge in [0.25, 0.3) is 0 Å². The quantitative estimate of drug-likeness (QED) is 0.820. The van der Waals surface area contributed by atoms with Crippen LogP contribution in [0.4, 0.5) is 10.5 Å². The molecule has 132 valence electrons. The number of carbonyl (C=O) groups is 1. The molecule has 0 spiro atoms. The van der Waals surface area contributed by atoms with E-state index >= 15 is 0 Å². The first-order valence-electron chi connectivity index (χ1n) is 8.84. The lowest BCUT2D eigenvalue weighted by molar-refractivity contribution is 0.255. The maximum absolute atomic E-state index is 12.6. The van der Waals surface area contributed by atoms with Crippen LogP contribution in [-0.4, -0.2) is 6.03 Å². The Morgan fingerprint density at radius 1 is 1.15 bits per heavy atom. The van der Waals surface area contributed by atoms with Crippen molar-refractivity contribution < 1.29 is 4.79 Å². The SMILES string of the molecule is CC[C@@]1(C)Cc2ccccc2C(NC(=O)Nc2ccc(C)cc2)=C1C#N. The van der Waals surface area contributed by atoms with Gasteiger partial charge < -0.3 is 10.6 Å². The van der Waals surface area contributed by atoms with E-state index in [1.165, 1.54) is 0 Å². The van der Waals surface area contributed by atoms with E-state index in [-0.39, 0.29) is 11.4 Å². The predicted octanol–water partition coefficient (Wildman–Crippen LogP) is 5.02. The standard InChI is InChI=1S/C22H23N3O/c1-4-22(3)13-16-7-5-6-8-18(16)20(19(22)14-23)25-21(26)24-17-11-9-15(2)10-12-17/h5-12H,4,13H2,1-3H3,(H2,24,25,26)/t22-/m0/s1. The van der Waals surface area contributed by atoms with E-state index in [4.69, 9.17) is 0 Å². The van der Waals surface area contributed by atoms with Gasteiger partial charge in [-0.05, 0) is 37.5 Å². The van der Waals surface area contributed by atoms with Gasteiger partial charge in [0, 0.05) is 16.7 Å². The van der Waals surface area contributed by atoms with E-state index < -0.39 is 0 Å². The van der Waals surface area contributed by atoms with Crippen molar-refractivity contribution in [2.45, 2.75) is 33.6 Å². The molecule has 0 unspecified atom stereocenters. The minimum absolute atomic E-state index is 0.282. The second kappa shape index (κ2) is 7.05. The number of rotatable bonds is 3. The second-order valence-corrected chi connectivity index (χ2v) is 7.06. The Bertz CT molecular complexity index is 906. The van der Waals surface area contributed by atoms with Crippen molar-refractivity contribution in [3.8, 4) is 6.07 Å². The number of hydrogen-bond donors (Lipinski definition) is 2. The molecule has 0 heterocycles. The molecule has 0 bridgehead atoms. The van der Waals surface area contributed by atoms with Crippen LogP contribution in [0.1, 0.15) is 37.0 Å². The summed E-state index contributed by atoms with van der Waals surface area (Å²) in [5.41, 5.74) is 4.90. The molecule has 1 atom stereocenters. The number of carbonyl (C=O) groups excluding carboxylic acids is 1. The second-order valence-electron chi connectivity index (χ2n) is 7.06. The summed E-state index contributed by atoms with van der Waals surface area (Å²) in [5, 5.41) is 15.6. The molecule has 4 heteroatoms. The summed E-state index contributed by atoms with van der Waals surface area (Å²) in [5.74, 6) is 0. The molecule has 0 saturated heterocycles. The van der Waals surface area contributed by atoms with Crippen molar-refractivity contribution in [1.82, 2.24) is 5.32 Å². The van der Waals surface area contributed by atoms with Crippen LogP contribution < -0.4 is 10.6 Å². The van der Waals surface area contributed by atoms with Gasteiger partial charge in [-0.25, -0.2) is 4.79 Å². The number of benzene rings is 2. The van der Waals surface area contributed by atoms with Crippen LogP contribution in [0, 0.1) is 23.7 Å². The highest BCUT2D eigenvalue weighted by Gasteiger charge is 2.36. The van der Waals surface area contributed by atoms with Crippen LogP contribution in [0.25, 0.3) is 5.70 Å². The van der Waals surface area contributed by atoms with Crippen LogP contribution in [0.15, 0.2) is 54.1 Å². The van der Waals surface area contributed by atoms with E-state index in [1.807, 2.05) is 49.4 Å². The highest BCUT2D eigenvalue weighted by molar-refractivity contribution is 5.97. The lowest BCUT2D eigenvalue weighted by atomic mass is 9.69. The van der Waals surface area contributed by atoms with Crippen LogP contribution in [0.5, 0.6) is 0 Å². The number of nitrogens with one attached hydrogen (secondary N) is 2. The normalized spacial score (nSPS) is 18.7. The molecular weight excluding hydrogens is 322 g/mol. The highest BCUT2D eigenvalue weighted by atomic mass is 16.2. The Morgan fingerprint density at radius 2 is 1.85 bits per heavy atom. The molecule has 2 amide bonds. The summed E-state index contributed by atoms with van der Waals surface area (Å²) in [6.07, 6.45) is 1.63. The van der Waals surface area contributed by atoms with Crippen molar-refractivity contribution in [2.75, 3.05) is 5.32 Å². The number of fused-ring (bicyclic) bond motifs is 1. The molecule has 3 rings (SSSR count). The van der Waals surface area contributed by atoms with Gasteiger partial charge in [-0.3, -0.25) is 0 Å². The smallest absolute Gasteiger partial charge is 0.308 e. The molecule has 0 fully saturated rings. The highest BCUT2D eigenvalue weighted by Crippen LogP contribution is 2.43. The third kappa shape index (κ3) is 3.34. The Hall–Kier alpha value is -3.06. The van der Waals surface area contributed by atoms with Gasteiger partial charge in [0.1, 0.15) is 0 Å². The molecule has 0 radical (unpaired) electrons. The summed E-state index contributed by atoms with van der Waals surface area (Å²) >= 11 is 0. The van der Waals surface area contributed by atoms with Crippen LogP contribution >= 0.6 is 0 Å². The zero-order chi connectivity index (χ0) is 18.7. The first-order valence-corrected chi connectivity index (χ1v) is 8.84. The minimum Gasteiger partial charge on any atom is -0.308 e. The molecule has 0 saturated carbocycles. The maximum atomic E-state index is 12.6. The van der Waals surface area contributed by atoms with Gasteiger partial charge in [0.15, 0.2) is 0 Å². The van der Waals surface area contributed by atoms with E-state index in [2.05, 4.69) is 36.6 Å². The van der Waals surface area contributed by atoms with Gasteiger partial charge in [0.2, 0.25) is 0 Å². The van der Waals surface area contributed by atoms with E-state index in [1.54, 1.807) is 0 Å². The molecule has 2 N–H and O–H groups in total. The lowest BCUT2D eigenvalue weighted by Gasteiger charge is -2.35. The summed E-state index contributed by atoms with van der Waals surface area (Å²) in [7, 11) is 0. The third-order valence-electron chi connectivity index (χ3n) is 5.16. The fraction of sp³-hybridized carbons (Fsp3) is 0.273. The van der Waals surface area contributed by atoms with Crippen LogP contribution in [0.3, 0.4) is 0 Å². The number of aryl methyl sites for hydroxylation is 1. The van der Waals surface area contributed by atoms with Crippen molar-refractivity contribution in [1.29, 1.82) is 5.26 Å². The summed E-state index contributed by atoms with van der Waals surface area (Å²) in [4.78, 5) is 12.6. The number of hydrogen-bond acceptors (Lipinski definition) is 2. The van der Waals surface area contributed by atoms with Crippen molar-refractivity contribution in [2.24, 2.45) is 5.41 Å². The molecule has 0 aliphatic heterocycles. The molecule has 1 aliphatic rings. The fourth-order valence-corrected chi connectivity index (χ4v) is 3.40.